The van der Waals surface area contributed by atoms with Crippen LogP contribution in [-0.4, -0.2) is 42.9 Å². The van der Waals surface area contributed by atoms with Gasteiger partial charge in [-0.2, -0.15) is 0 Å². The molecule has 0 saturated heterocycles. The fourth-order valence-electron chi connectivity index (χ4n) is 2.84. The highest BCUT2D eigenvalue weighted by Crippen LogP contribution is 2.24. The van der Waals surface area contributed by atoms with Crippen LogP contribution in [0, 0.1) is 5.82 Å². The Morgan fingerprint density at radius 3 is 2.64 bits per heavy atom. The Labute approximate surface area is 167 Å². The summed E-state index contributed by atoms with van der Waals surface area (Å²) in [6.45, 7) is 5.57. The van der Waals surface area contributed by atoms with Gasteiger partial charge in [-0.25, -0.2) is 4.39 Å². The van der Waals surface area contributed by atoms with Crippen LogP contribution in [0.3, 0.4) is 0 Å². The molecular weight excluding hydrogens is 377 g/mol. The second kappa shape index (κ2) is 9.45. The van der Waals surface area contributed by atoms with E-state index in [1.165, 1.54) is 23.9 Å². The lowest BCUT2D eigenvalue weighted by Crippen LogP contribution is -2.31. The van der Waals surface area contributed by atoms with Crippen molar-refractivity contribution in [2.75, 3.05) is 12.3 Å². The molecule has 0 N–H and O–H groups in total. The minimum absolute atomic E-state index is 0.0205. The molecule has 3 rings (SSSR count). The normalized spacial score (nSPS) is 10.8. The maximum Gasteiger partial charge on any atom is 0.233 e. The first-order valence-corrected chi connectivity index (χ1v) is 10.1. The van der Waals surface area contributed by atoms with E-state index in [9.17, 15) is 9.18 Å². The zero-order chi connectivity index (χ0) is 19.9. The highest BCUT2D eigenvalue weighted by molar-refractivity contribution is 7.99. The molecule has 8 heteroatoms. The van der Waals surface area contributed by atoms with Gasteiger partial charge < -0.3 is 9.47 Å². The molecule has 0 atom stereocenters. The minimum Gasteiger partial charge on any atom is -0.338 e. The molecule has 2 aromatic heterocycles. The quantitative estimate of drug-likeness (QED) is 0.541. The number of hydrogen-bond acceptors (Lipinski definition) is 5. The Morgan fingerprint density at radius 1 is 1.18 bits per heavy atom. The maximum absolute atomic E-state index is 13.4. The van der Waals surface area contributed by atoms with Gasteiger partial charge in [-0.1, -0.05) is 23.9 Å². The highest BCUT2D eigenvalue weighted by Gasteiger charge is 2.17. The third-order valence-corrected chi connectivity index (χ3v) is 5.24. The minimum atomic E-state index is -0.296. The number of carbonyl (C=O) groups is 1. The summed E-state index contributed by atoms with van der Waals surface area (Å²) in [5.74, 6) is 0.687. The lowest BCUT2D eigenvalue weighted by atomic mass is 10.2. The van der Waals surface area contributed by atoms with E-state index in [-0.39, 0.29) is 17.5 Å². The summed E-state index contributed by atoms with van der Waals surface area (Å²) in [7, 11) is 0. The Hall–Kier alpha value is -2.74. The zero-order valence-electron chi connectivity index (χ0n) is 15.9. The number of nitrogens with zero attached hydrogens (tertiary/aromatic N) is 5. The molecule has 0 bridgehead atoms. The maximum atomic E-state index is 13.4. The number of thioether (sulfide) groups is 1. The van der Waals surface area contributed by atoms with E-state index in [0.29, 0.717) is 24.8 Å². The molecule has 2 heterocycles. The van der Waals surface area contributed by atoms with Crippen molar-refractivity contribution in [3.63, 3.8) is 0 Å². The summed E-state index contributed by atoms with van der Waals surface area (Å²) in [5.41, 5.74) is 1.71. The van der Waals surface area contributed by atoms with Crippen LogP contribution in [0.5, 0.6) is 0 Å². The molecule has 6 nitrogen and oxygen atoms in total. The lowest BCUT2D eigenvalue weighted by Gasteiger charge is -2.21. The van der Waals surface area contributed by atoms with Crippen molar-refractivity contribution in [2.45, 2.75) is 32.1 Å². The van der Waals surface area contributed by atoms with Gasteiger partial charge >= 0.3 is 0 Å². The first kappa shape index (κ1) is 20.0. The van der Waals surface area contributed by atoms with Gasteiger partial charge in [0.05, 0.1) is 5.75 Å². The fraction of sp³-hybridized carbons (Fsp3) is 0.300. The van der Waals surface area contributed by atoms with Crippen molar-refractivity contribution in [3.05, 3.63) is 60.2 Å². The molecule has 0 aliphatic rings. The highest BCUT2D eigenvalue weighted by atomic mass is 32.2. The fourth-order valence-corrected chi connectivity index (χ4v) is 3.75. The molecular formula is C20H22FN5OS. The van der Waals surface area contributed by atoms with E-state index in [1.807, 2.05) is 36.6 Å². The number of amides is 1. The Balaban J connectivity index is 1.67. The Kier molecular flexibility index (Phi) is 6.76. The molecule has 0 unspecified atom stereocenters. The topological polar surface area (TPSA) is 63.9 Å². The van der Waals surface area contributed by atoms with Crippen molar-refractivity contribution in [2.24, 2.45) is 0 Å². The summed E-state index contributed by atoms with van der Waals surface area (Å²) in [6, 6.07) is 10.1. The van der Waals surface area contributed by atoms with Crippen LogP contribution < -0.4 is 0 Å². The molecule has 0 aliphatic heterocycles. The van der Waals surface area contributed by atoms with Crippen LogP contribution in [-0.2, 0) is 17.9 Å². The number of halogens is 1. The van der Waals surface area contributed by atoms with E-state index in [1.54, 1.807) is 23.4 Å². The van der Waals surface area contributed by atoms with Gasteiger partial charge in [0.2, 0.25) is 5.91 Å². The van der Waals surface area contributed by atoms with E-state index >= 15 is 0 Å². The van der Waals surface area contributed by atoms with Gasteiger partial charge in [-0.05, 0) is 43.7 Å². The number of rotatable bonds is 8. The molecule has 0 saturated carbocycles. The standard InChI is InChI=1S/C20H22FN5OS/c1-3-25(13-15-6-5-7-17(21)12-15)18(27)14-28-20-24-23-19(26(20)4-2)16-8-10-22-11-9-16/h5-12H,3-4,13-14H2,1-2H3. The van der Waals surface area contributed by atoms with Crippen molar-refractivity contribution in [1.82, 2.24) is 24.6 Å². The molecule has 1 aromatic carbocycles. The third-order valence-electron chi connectivity index (χ3n) is 4.29. The number of hydrogen-bond donors (Lipinski definition) is 0. The van der Waals surface area contributed by atoms with E-state index in [0.717, 1.165) is 17.0 Å². The smallest absolute Gasteiger partial charge is 0.233 e. The largest absolute Gasteiger partial charge is 0.338 e. The SMILES string of the molecule is CCN(Cc1cccc(F)c1)C(=O)CSc1nnc(-c2ccncc2)n1CC. The van der Waals surface area contributed by atoms with Gasteiger partial charge in [0.25, 0.3) is 0 Å². The van der Waals surface area contributed by atoms with Crippen LogP contribution in [0.1, 0.15) is 19.4 Å². The van der Waals surface area contributed by atoms with Crippen molar-refractivity contribution >= 4 is 17.7 Å². The predicted octanol–water partition coefficient (Wildman–Crippen LogP) is 3.64. The number of carbonyl (C=O) groups excluding carboxylic acids is 1. The number of benzene rings is 1. The molecule has 0 spiro atoms. The number of pyridine rings is 1. The van der Waals surface area contributed by atoms with Gasteiger partial charge in [0.15, 0.2) is 11.0 Å². The average Bonchev–Trinajstić information content (AvgIpc) is 3.14. The monoisotopic (exact) mass is 399 g/mol. The first-order chi connectivity index (χ1) is 13.6. The van der Waals surface area contributed by atoms with Crippen LogP contribution >= 0.6 is 11.8 Å². The van der Waals surface area contributed by atoms with E-state index in [4.69, 9.17) is 0 Å². The number of aromatic nitrogens is 4. The summed E-state index contributed by atoms with van der Waals surface area (Å²) in [5, 5.41) is 9.23. The second-order valence-electron chi connectivity index (χ2n) is 6.11. The third kappa shape index (κ3) is 4.75. The summed E-state index contributed by atoms with van der Waals surface area (Å²) in [6.07, 6.45) is 3.43. The van der Waals surface area contributed by atoms with Gasteiger partial charge in [-0.15, -0.1) is 10.2 Å². The van der Waals surface area contributed by atoms with Gasteiger partial charge in [0.1, 0.15) is 5.82 Å². The van der Waals surface area contributed by atoms with Gasteiger partial charge in [-0.3, -0.25) is 9.78 Å². The van der Waals surface area contributed by atoms with Crippen molar-refractivity contribution in [3.8, 4) is 11.4 Å². The van der Waals surface area contributed by atoms with Crippen LogP contribution in [0.25, 0.3) is 11.4 Å². The van der Waals surface area contributed by atoms with E-state index in [2.05, 4.69) is 15.2 Å². The summed E-state index contributed by atoms with van der Waals surface area (Å²) in [4.78, 5) is 18.4. The zero-order valence-corrected chi connectivity index (χ0v) is 16.7. The molecule has 0 fully saturated rings. The van der Waals surface area contributed by atoms with Crippen LogP contribution in [0.4, 0.5) is 4.39 Å². The van der Waals surface area contributed by atoms with E-state index < -0.39 is 0 Å². The molecule has 3 aromatic rings. The Bertz CT molecular complexity index is 931. The van der Waals surface area contributed by atoms with Crippen molar-refractivity contribution in [1.29, 1.82) is 0 Å². The van der Waals surface area contributed by atoms with Gasteiger partial charge in [0, 0.05) is 37.6 Å². The Morgan fingerprint density at radius 2 is 1.96 bits per heavy atom. The average molecular weight is 399 g/mol. The lowest BCUT2D eigenvalue weighted by molar-refractivity contribution is -0.128. The predicted molar refractivity (Wildman–Crippen MR) is 107 cm³/mol. The molecule has 0 aliphatic carbocycles. The summed E-state index contributed by atoms with van der Waals surface area (Å²) < 4.78 is 15.4. The molecule has 146 valence electrons. The molecule has 28 heavy (non-hydrogen) atoms. The van der Waals surface area contributed by atoms with Crippen molar-refractivity contribution < 1.29 is 9.18 Å². The second-order valence-corrected chi connectivity index (χ2v) is 7.06. The van der Waals surface area contributed by atoms with Crippen LogP contribution in [0.2, 0.25) is 0 Å². The molecule has 1 amide bonds. The molecule has 0 radical (unpaired) electrons. The summed E-state index contributed by atoms with van der Waals surface area (Å²) >= 11 is 1.36. The van der Waals surface area contributed by atoms with Crippen LogP contribution in [0.15, 0.2) is 53.9 Å². The first-order valence-electron chi connectivity index (χ1n) is 9.11.